The van der Waals surface area contributed by atoms with Gasteiger partial charge < -0.3 is 5.73 Å². The first-order valence-corrected chi connectivity index (χ1v) is 7.09. The molecular weight excluding hydrogens is 224 g/mol. The fourth-order valence-corrected chi connectivity index (χ4v) is 3.15. The van der Waals surface area contributed by atoms with Gasteiger partial charge in [-0.05, 0) is 38.8 Å². The SMILES string of the molecule is CCN(Cc1cnn(C)c1C)C1CCCC1CN. The summed E-state index contributed by atoms with van der Waals surface area (Å²) in [5.74, 6) is 0.682. The molecule has 1 aliphatic carbocycles. The van der Waals surface area contributed by atoms with Crippen LogP contribution in [0.1, 0.15) is 37.4 Å². The summed E-state index contributed by atoms with van der Waals surface area (Å²) < 4.78 is 1.96. The maximum Gasteiger partial charge on any atom is 0.0537 e. The van der Waals surface area contributed by atoms with Crippen LogP contribution in [0.3, 0.4) is 0 Å². The van der Waals surface area contributed by atoms with E-state index in [9.17, 15) is 0 Å². The van der Waals surface area contributed by atoms with Gasteiger partial charge in [0.25, 0.3) is 0 Å². The van der Waals surface area contributed by atoms with Crippen molar-refractivity contribution in [1.82, 2.24) is 14.7 Å². The highest BCUT2D eigenvalue weighted by atomic mass is 15.3. The molecule has 0 spiro atoms. The Morgan fingerprint density at radius 2 is 2.28 bits per heavy atom. The Morgan fingerprint density at radius 3 is 2.83 bits per heavy atom. The van der Waals surface area contributed by atoms with Gasteiger partial charge in [-0.2, -0.15) is 5.10 Å². The number of aromatic nitrogens is 2. The van der Waals surface area contributed by atoms with Gasteiger partial charge in [-0.25, -0.2) is 0 Å². The van der Waals surface area contributed by atoms with Gasteiger partial charge in [0, 0.05) is 30.9 Å². The van der Waals surface area contributed by atoms with E-state index in [2.05, 4.69) is 23.8 Å². The first-order chi connectivity index (χ1) is 8.67. The van der Waals surface area contributed by atoms with Crippen molar-refractivity contribution in [2.75, 3.05) is 13.1 Å². The molecule has 0 aliphatic heterocycles. The van der Waals surface area contributed by atoms with Crippen molar-refractivity contribution in [1.29, 1.82) is 0 Å². The van der Waals surface area contributed by atoms with Crippen molar-refractivity contribution < 1.29 is 0 Å². The van der Waals surface area contributed by atoms with Crippen molar-refractivity contribution in [3.05, 3.63) is 17.5 Å². The average molecular weight is 250 g/mol. The van der Waals surface area contributed by atoms with Gasteiger partial charge in [-0.3, -0.25) is 9.58 Å². The van der Waals surface area contributed by atoms with E-state index >= 15 is 0 Å². The molecule has 2 rings (SSSR count). The van der Waals surface area contributed by atoms with Crippen molar-refractivity contribution in [3.63, 3.8) is 0 Å². The highest BCUT2D eigenvalue weighted by Gasteiger charge is 2.30. The van der Waals surface area contributed by atoms with E-state index in [1.807, 2.05) is 17.9 Å². The van der Waals surface area contributed by atoms with Crippen molar-refractivity contribution in [3.8, 4) is 0 Å². The lowest BCUT2D eigenvalue weighted by atomic mass is 10.0. The quantitative estimate of drug-likeness (QED) is 0.865. The molecular formula is C14H26N4. The Bertz CT molecular complexity index is 385. The molecule has 4 heteroatoms. The summed E-state index contributed by atoms with van der Waals surface area (Å²) in [4.78, 5) is 2.58. The standard InChI is InChI=1S/C14H26N4/c1-4-18(14-7-5-6-12(14)8-15)10-13-9-16-17(3)11(13)2/h9,12,14H,4-8,10,15H2,1-3H3. The largest absolute Gasteiger partial charge is 0.330 e. The second-order valence-corrected chi connectivity index (χ2v) is 5.44. The molecule has 0 amide bonds. The van der Waals surface area contributed by atoms with E-state index in [1.165, 1.54) is 30.5 Å². The van der Waals surface area contributed by atoms with Crippen LogP contribution >= 0.6 is 0 Å². The third-order valence-electron chi connectivity index (χ3n) is 4.51. The molecule has 1 aromatic rings. The maximum atomic E-state index is 5.90. The lowest BCUT2D eigenvalue weighted by Crippen LogP contribution is -2.39. The number of hydrogen-bond donors (Lipinski definition) is 1. The molecule has 4 nitrogen and oxygen atoms in total. The number of aryl methyl sites for hydroxylation is 1. The summed E-state index contributed by atoms with van der Waals surface area (Å²) in [6.45, 7) is 7.32. The van der Waals surface area contributed by atoms with Crippen LogP contribution in [-0.2, 0) is 13.6 Å². The van der Waals surface area contributed by atoms with Crippen LogP contribution in [0.2, 0.25) is 0 Å². The van der Waals surface area contributed by atoms with Gasteiger partial charge in [-0.1, -0.05) is 13.3 Å². The van der Waals surface area contributed by atoms with Gasteiger partial charge in [-0.15, -0.1) is 0 Å². The maximum absolute atomic E-state index is 5.90. The third-order valence-corrected chi connectivity index (χ3v) is 4.51. The summed E-state index contributed by atoms with van der Waals surface area (Å²) in [7, 11) is 2.01. The third kappa shape index (κ3) is 2.59. The number of nitrogens with two attached hydrogens (primary N) is 1. The minimum absolute atomic E-state index is 0.666. The van der Waals surface area contributed by atoms with Crippen molar-refractivity contribution in [2.24, 2.45) is 18.7 Å². The number of hydrogen-bond acceptors (Lipinski definition) is 3. The first-order valence-electron chi connectivity index (χ1n) is 7.09. The topological polar surface area (TPSA) is 47.1 Å². The van der Waals surface area contributed by atoms with Crippen molar-refractivity contribution in [2.45, 2.75) is 45.7 Å². The Morgan fingerprint density at radius 1 is 1.50 bits per heavy atom. The molecule has 0 aromatic carbocycles. The molecule has 1 aliphatic rings. The van der Waals surface area contributed by atoms with Gasteiger partial charge in [0.2, 0.25) is 0 Å². The summed E-state index contributed by atoms with van der Waals surface area (Å²) in [5.41, 5.74) is 8.52. The van der Waals surface area contributed by atoms with Crippen LogP contribution < -0.4 is 5.73 Å². The number of rotatable bonds is 5. The molecule has 2 unspecified atom stereocenters. The zero-order valence-electron chi connectivity index (χ0n) is 11.9. The predicted octanol–water partition coefficient (Wildman–Crippen LogP) is 1.68. The van der Waals surface area contributed by atoms with Gasteiger partial charge in [0.15, 0.2) is 0 Å². The monoisotopic (exact) mass is 250 g/mol. The van der Waals surface area contributed by atoms with E-state index in [4.69, 9.17) is 5.73 Å². The summed E-state index contributed by atoms with van der Waals surface area (Å²) in [5, 5.41) is 4.33. The Balaban J connectivity index is 2.07. The number of nitrogens with zero attached hydrogens (tertiary/aromatic N) is 3. The Kier molecular flexibility index (Phi) is 4.40. The zero-order chi connectivity index (χ0) is 13.1. The van der Waals surface area contributed by atoms with Crippen molar-refractivity contribution >= 4 is 0 Å². The fraction of sp³-hybridized carbons (Fsp3) is 0.786. The van der Waals surface area contributed by atoms with Gasteiger partial charge >= 0.3 is 0 Å². The van der Waals surface area contributed by atoms with E-state index in [0.29, 0.717) is 12.0 Å². The summed E-state index contributed by atoms with van der Waals surface area (Å²) in [6.07, 6.45) is 5.93. The van der Waals surface area contributed by atoms with Crippen LogP contribution in [0.15, 0.2) is 6.20 Å². The zero-order valence-corrected chi connectivity index (χ0v) is 11.9. The molecule has 0 radical (unpaired) electrons. The molecule has 2 N–H and O–H groups in total. The molecule has 2 atom stereocenters. The molecule has 0 saturated heterocycles. The van der Waals surface area contributed by atoms with E-state index in [1.54, 1.807) is 0 Å². The molecule has 1 aromatic heterocycles. The average Bonchev–Trinajstić information content (AvgIpc) is 2.96. The highest BCUT2D eigenvalue weighted by Crippen LogP contribution is 2.30. The van der Waals surface area contributed by atoms with Crippen LogP contribution in [0, 0.1) is 12.8 Å². The Labute approximate surface area is 110 Å². The molecule has 102 valence electrons. The molecule has 1 fully saturated rings. The van der Waals surface area contributed by atoms with Gasteiger partial charge in [0.05, 0.1) is 6.20 Å². The van der Waals surface area contributed by atoms with Crippen LogP contribution in [0.25, 0.3) is 0 Å². The Hall–Kier alpha value is -0.870. The first kappa shape index (κ1) is 13.6. The molecule has 18 heavy (non-hydrogen) atoms. The normalized spacial score (nSPS) is 24.1. The summed E-state index contributed by atoms with van der Waals surface area (Å²) in [6, 6.07) is 0.666. The van der Waals surface area contributed by atoms with Crippen LogP contribution in [0.4, 0.5) is 0 Å². The smallest absolute Gasteiger partial charge is 0.0537 e. The minimum Gasteiger partial charge on any atom is -0.330 e. The molecule has 1 saturated carbocycles. The summed E-state index contributed by atoms with van der Waals surface area (Å²) >= 11 is 0. The predicted molar refractivity (Wildman–Crippen MR) is 74.2 cm³/mol. The lowest BCUT2D eigenvalue weighted by molar-refractivity contribution is 0.162. The highest BCUT2D eigenvalue weighted by molar-refractivity contribution is 5.15. The fourth-order valence-electron chi connectivity index (χ4n) is 3.15. The second-order valence-electron chi connectivity index (χ2n) is 5.44. The van der Waals surface area contributed by atoms with E-state index < -0.39 is 0 Å². The minimum atomic E-state index is 0.666. The van der Waals surface area contributed by atoms with E-state index in [-0.39, 0.29) is 0 Å². The second kappa shape index (κ2) is 5.85. The van der Waals surface area contributed by atoms with Crippen LogP contribution in [0.5, 0.6) is 0 Å². The van der Waals surface area contributed by atoms with Gasteiger partial charge in [0.1, 0.15) is 0 Å². The molecule has 0 bridgehead atoms. The van der Waals surface area contributed by atoms with E-state index in [0.717, 1.165) is 19.6 Å². The lowest BCUT2D eigenvalue weighted by Gasteiger charge is -2.31. The van der Waals surface area contributed by atoms with Crippen LogP contribution in [-0.4, -0.2) is 33.8 Å². The molecule has 1 heterocycles.